The molecule has 0 atom stereocenters. The molecule has 8 heteroatoms. The van der Waals surface area contributed by atoms with E-state index in [1.165, 1.54) is 33.5 Å². The van der Waals surface area contributed by atoms with Gasteiger partial charge in [0.1, 0.15) is 23.9 Å². The molecule has 0 radical (unpaired) electrons. The Hall–Kier alpha value is -4.33. The zero-order valence-corrected chi connectivity index (χ0v) is 18.8. The molecule has 1 aliphatic heterocycles. The molecule has 0 aromatic heterocycles. The number of esters is 1. The Bertz CT molecular complexity index is 1240. The van der Waals surface area contributed by atoms with E-state index in [9.17, 15) is 9.18 Å². The molecule has 0 fully saturated rings. The van der Waals surface area contributed by atoms with E-state index < -0.39 is 5.97 Å². The molecule has 0 aliphatic carbocycles. The summed E-state index contributed by atoms with van der Waals surface area (Å²) in [6.07, 6.45) is 1.60. The van der Waals surface area contributed by atoms with Gasteiger partial charge in [-0.2, -0.15) is 0 Å². The number of halogens is 1. The van der Waals surface area contributed by atoms with Crippen LogP contribution in [-0.4, -0.2) is 33.2 Å². The Kier molecular flexibility index (Phi) is 6.77. The molecular formula is C26H22FNO6. The molecule has 0 spiro atoms. The van der Waals surface area contributed by atoms with Crippen LogP contribution in [0.3, 0.4) is 0 Å². The van der Waals surface area contributed by atoms with Crippen LogP contribution >= 0.6 is 0 Å². The van der Waals surface area contributed by atoms with Crippen LogP contribution in [0, 0.1) is 5.82 Å². The summed E-state index contributed by atoms with van der Waals surface area (Å²) in [6.45, 7) is 0.251. The van der Waals surface area contributed by atoms with Gasteiger partial charge in [0, 0.05) is 11.6 Å². The van der Waals surface area contributed by atoms with Crippen molar-refractivity contribution in [2.45, 2.75) is 6.61 Å². The van der Waals surface area contributed by atoms with E-state index in [0.717, 1.165) is 5.56 Å². The number of ether oxygens (including phenoxy) is 5. The average molecular weight is 463 g/mol. The number of cyclic esters (lactones) is 1. The van der Waals surface area contributed by atoms with Gasteiger partial charge < -0.3 is 23.7 Å². The minimum absolute atomic E-state index is 0.138. The van der Waals surface area contributed by atoms with Crippen LogP contribution < -0.4 is 18.9 Å². The van der Waals surface area contributed by atoms with Crippen LogP contribution in [0.5, 0.6) is 23.0 Å². The Balaban J connectivity index is 1.55. The molecule has 0 saturated heterocycles. The SMILES string of the molecule is COc1cc(OC)cc(C2=N/C(=C/c3ccc(OCc4ccc(F)cc4)c(OC)c3)C(=O)O2)c1. The van der Waals surface area contributed by atoms with E-state index in [1.807, 2.05) is 0 Å². The van der Waals surface area contributed by atoms with Gasteiger partial charge in [-0.3, -0.25) is 0 Å². The molecule has 0 N–H and O–H groups in total. The molecule has 3 aromatic carbocycles. The molecule has 0 saturated carbocycles. The first-order valence-corrected chi connectivity index (χ1v) is 10.3. The van der Waals surface area contributed by atoms with Crippen molar-refractivity contribution in [3.05, 3.63) is 88.9 Å². The van der Waals surface area contributed by atoms with Crippen LogP contribution in [-0.2, 0) is 16.1 Å². The molecule has 0 amide bonds. The first-order chi connectivity index (χ1) is 16.5. The predicted molar refractivity (Wildman–Crippen MR) is 124 cm³/mol. The fourth-order valence-corrected chi connectivity index (χ4v) is 3.26. The van der Waals surface area contributed by atoms with Crippen LogP contribution in [0.25, 0.3) is 6.08 Å². The smallest absolute Gasteiger partial charge is 0.363 e. The third kappa shape index (κ3) is 5.17. The molecule has 7 nitrogen and oxygen atoms in total. The molecule has 34 heavy (non-hydrogen) atoms. The highest BCUT2D eigenvalue weighted by molar-refractivity contribution is 6.13. The second-order valence-electron chi connectivity index (χ2n) is 7.26. The highest BCUT2D eigenvalue weighted by atomic mass is 19.1. The zero-order valence-electron chi connectivity index (χ0n) is 18.8. The van der Waals surface area contributed by atoms with Gasteiger partial charge >= 0.3 is 5.97 Å². The lowest BCUT2D eigenvalue weighted by atomic mass is 10.1. The van der Waals surface area contributed by atoms with Crippen molar-refractivity contribution >= 4 is 17.9 Å². The number of hydrogen-bond acceptors (Lipinski definition) is 7. The van der Waals surface area contributed by atoms with Crippen LogP contribution in [0.15, 0.2) is 71.4 Å². The van der Waals surface area contributed by atoms with Gasteiger partial charge in [0.05, 0.1) is 21.3 Å². The summed E-state index contributed by atoms with van der Waals surface area (Å²) in [5.74, 6) is 1.35. The number of methoxy groups -OCH3 is 3. The van der Waals surface area contributed by atoms with Crippen molar-refractivity contribution < 1.29 is 32.9 Å². The van der Waals surface area contributed by atoms with E-state index in [-0.39, 0.29) is 24.0 Å². The van der Waals surface area contributed by atoms with E-state index in [2.05, 4.69) is 4.99 Å². The van der Waals surface area contributed by atoms with Gasteiger partial charge in [0.2, 0.25) is 5.90 Å². The minimum Gasteiger partial charge on any atom is -0.497 e. The van der Waals surface area contributed by atoms with Crippen molar-refractivity contribution in [1.82, 2.24) is 0 Å². The lowest BCUT2D eigenvalue weighted by molar-refractivity contribution is -0.129. The Labute approximate surface area is 196 Å². The molecule has 3 aromatic rings. The third-order valence-electron chi connectivity index (χ3n) is 5.02. The predicted octanol–water partition coefficient (Wildman–Crippen LogP) is 4.78. The zero-order chi connectivity index (χ0) is 24.1. The van der Waals surface area contributed by atoms with Crippen molar-refractivity contribution in [3.8, 4) is 23.0 Å². The van der Waals surface area contributed by atoms with Crippen LogP contribution in [0.4, 0.5) is 4.39 Å². The molecule has 0 bridgehead atoms. The fourth-order valence-electron chi connectivity index (χ4n) is 3.26. The normalized spacial score (nSPS) is 13.9. The third-order valence-corrected chi connectivity index (χ3v) is 5.02. The highest BCUT2D eigenvalue weighted by Crippen LogP contribution is 2.31. The first kappa shape index (κ1) is 22.8. The summed E-state index contributed by atoms with van der Waals surface area (Å²) in [6, 6.07) is 16.4. The van der Waals surface area contributed by atoms with Gasteiger partial charge in [-0.25, -0.2) is 14.2 Å². The number of carbonyl (C=O) groups is 1. The average Bonchev–Trinajstić information content (AvgIpc) is 3.23. The van der Waals surface area contributed by atoms with Gasteiger partial charge in [-0.1, -0.05) is 18.2 Å². The largest absolute Gasteiger partial charge is 0.497 e. The fraction of sp³-hybridized carbons (Fsp3) is 0.154. The number of hydrogen-bond donors (Lipinski definition) is 0. The summed E-state index contributed by atoms with van der Waals surface area (Å²) >= 11 is 0. The van der Waals surface area contributed by atoms with Crippen LogP contribution in [0.2, 0.25) is 0 Å². The molecule has 1 heterocycles. The molecule has 0 unspecified atom stereocenters. The molecule has 4 rings (SSSR count). The van der Waals surface area contributed by atoms with E-state index in [0.29, 0.717) is 34.1 Å². The van der Waals surface area contributed by atoms with Crippen molar-refractivity contribution in [2.24, 2.45) is 4.99 Å². The van der Waals surface area contributed by atoms with Crippen molar-refractivity contribution in [1.29, 1.82) is 0 Å². The summed E-state index contributed by atoms with van der Waals surface area (Å²) in [7, 11) is 4.59. The van der Waals surface area contributed by atoms with Crippen LogP contribution in [0.1, 0.15) is 16.7 Å². The summed E-state index contributed by atoms with van der Waals surface area (Å²) in [4.78, 5) is 16.8. The topological polar surface area (TPSA) is 75.6 Å². The Morgan fingerprint density at radius 3 is 2.24 bits per heavy atom. The number of nitrogens with zero attached hydrogens (tertiary/aromatic N) is 1. The second-order valence-corrected chi connectivity index (χ2v) is 7.26. The highest BCUT2D eigenvalue weighted by Gasteiger charge is 2.25. The second kappa shape index (κ2) is 10.1. The maximum Gasteiger partial charge on any atom is 0.363 e. The Morgan fingerprint density at radius 2 is 1.59 bits per heavy atom. The number of aliphatic imine (C=N–C) groups is 1. The summed E-state index contributed by atoms with van der Waals surface area (Å²) in [5, 5.41) is 0. The van der Waals surface area contributed by atoms with E-state index in [4.69, 9.17) is 23.7 Å². The van der Waals surface area contributed by atoms with Gasteiger partial charge in [0.15, 0.2) is 17.2 Å². The summed E-state index contributed by atoms with van der Waals surface area (Å²) < 4.78 is 40.2. The number of benzene rings is 3. The molecule has 174 valence electrons. The molecular weight excluding hydrogens is 441 g/mol. The first-order valence-electron chi connectivity index (χ1n) is 10.3. The monoisotopic (exact) mass is 463 g/mol. The maximum absolute atomic E-state index is 13.1. The quantitative estimate of drug-likeness (QED) is 0.354. The Morgan fingerprint density at radius 1 is 0.882 bits per heavy atom. The minimum atomic E-state index is -0.576. The lowest BCUT2D eigenvalue weighted by Gasteiger charge is -2.11. The standard InChI is InChI=1S/C26H22FNO6/c1-30-20-12-18(13-21(14-20)31-2)25-28-22(26(29)34-25)10-17-6-9-23(24(11-17)32-3)33-15-16-4-7-19(27)8-5-16/h4-14H,15H2,1-3H3/b22-10+. The van der Waals surface area contributed by atoms with Gasteiger partial charge in [0.25, 0.3) is 0 Å². The van der Waals surface area contributed by atoms with Gasteiger partial charge in [-0.15, -0.1) is 0 Å². The van der Waals surface area contributed by atoms with Crippen molar-refractivity contribution in [2.75, 3.05) is 21.3 Å². The lowest BCUT2D eigenvalue weighted by Crippen LogP contribution is -2.06. The van der Waals surface area contributed by atoms with Crippen molar-refractivity contribution in [3.63, 3.8) is 0 Å². The molecule has 1 aliphatic rings. The van der Waals surface area contributed by atoms with E-state index in [1.54, 1.807) is 54.6 Å². The van der Waals surface area contributed by atoms with Gasteiger partial charge in [-0.05, 0) is 53.6 Å². The number of rotatable bonds is 8. The number of carbonyl (C=O) groups excluding carboxylic acids is 1. The van der Waals surface area contributed by atoms with E-state index >= 15 is 0 Å². The summed E-state index contributed by atoms with van der Waals surface area (Å²) in [5.41, 5.74) is 2.18. The maximum atomic E-state index is 13.1.